The van der Waals surface area contributed by atoms with Gasteiger partial charge in [-0.15, -0.1) is 0 Å². The lowest BCUT2D eigenvalue weighted by molar-refractivity contribution is 0.196. The van der Waals surface area contributed by atoms with E-state index < -0.39 is 0 Å². The van der Waals surface area contributed by atoms with E-state index in [0.717, 1.165) is 38.0 Å². The summed E-state index contributed by atoms with van der Waals surface area (Å²) in [5, 5.41) is 11.8. The monoisotopic (exact) mass is 264 g/mol. The summed E-state index contributed by atoms with van der Waals surface area (Å²) in [6.07, 6.45) is 3.56. The quantitative estimate of drug-likeness (QED) is 0.367. The summed E-state index contributed by atoms with van der Waals surface area (Å²) < 4.78 is 5.25. The van der Waals surface area contributed by atoms with Crippen LogP contribution in [0.2, 0.25) is 0 Å². The Balaban J connectivity index is 1.92. The molecule has 19 heavy (non-hydrogen) atoms. The van der Waals surface area contributed by atoms with E-state index in [4.69, 9.17) is 15.7 Å². The molecule has 2 rings (SSSR count). The van der Waals surface area contributed by atoms with E-state index >= 15 is 0 Å². The number of methoxy groups -OCH3 is 1. The molecule has 0 unspecified atom stereocenters. The van der Waals surface area contributed by atoms with Crippen molar-refractivity contribution in [2.75, 3.05) is 20.2 Å². The molecule has 2 heterocycles. The standard InChI is InChI=1S/C13H20N4O2/c1-19-13-11(3-2-6-15-13)9-17-7-4-10(5-8-17)12(14)16-18/h2-3,6,10,18H,4-5,7-9H2,1H3,(H2,14,16). The van der Waals surface area contributed by atoms with Gasteiger partial charge in [0.1, 0.15) is 5.84 Å². The van der Waals surface area contributed by atoms with Gasteiger partial charge >= 0.3 is 0 Å². The zero-order chi connectivity index (χ0) is 13.7. The van der Waals surface area contributed by atoms with Crippen molar-refractivity contribution in [3.8, 4) is 5.88 Å². The van der Waals surface area contributed by atoms with Crippen LogP contribution in [0.25, 0.3) is 0 Å². The van der Waals surface area contributed by atoms with Crippen LogP contribution in [0.15, 0.2) is 23.5 Å². The summed E-state index contributed by atoms with van der Waals surface area (Å²) in [7, 11) is 1.64. The summed E-state index contributed by atoms with van der Waals surface area (Å²) in [4.78, 5) is 6.53. The van der Waals surface area contributed by atoms with Gasteiger partial charge in [0, 0.05) is 24.2 Å². The summed E-state index contributed by atoms with van der Waals surface area (Å²) in [5.74, 6) is 1.22. The Morgan fingerprint density at radius 1 is 1.58 bits per heavy atom. The molecule has 0 radical (unpaired) electrons. The van der Waals surface area contributed by atoms with Crippen molar-refractivity contribution in [2.24, 2.45) is 16.8 Å². The number of hydrogen-bond donors (Lipinski definition) is 2. The summed E-state index contributed by atoms with van der Waals surface area (Å²) in [5.41, 5.74) is 6.73. The van der Waals surface area contributed by atoms with Gasteiger partial charge in [0.15, 0.2) is 0 Å². The molecule has 3 N–H and O–H groups in total. The average molecular weight is 264 g/mol. The lowest BCUT2D eigenvalue weighted by atomic mass is 9.95. The molecule has 0 bridgehead atoms. The van der Waals surface area contributed by atoms with Gasteiger partial charge in [-0.3, -0.25) is 4.90 Å². The summed E-state index contributed by atoms with van der Waals surface area (Å²) >= 11 is 0. The lowest BCUT2D eigenvalue weighted by Crippen LogP contribution is -2.38. The Hall–Kier alpha value is -1.82. The minimum Gasteiger partial charge on any atom is -0.481 e. The third kappa shape index (κ3) is 3.35. The fourth-order valence-electron chi connectivity index (χ4n) is 2.44. The zero-order valence-corrected chi connectivity index (χ0v) is 11.1. The maximum absolute atomic E-state index is 8.68. The molecular weight excluding hydrogens is 244 g/mol. The van der Waals surface area contributed by atoms with E-state index in [-0.39, 0.29) is 5.92 Å². The number of pyridine rings is 1. The first-order valence-electron chi connectivity index (χ1n) is 6.42. The number of rotatable bonds is 4. The Morgan fingerprint density at radius 2 is 2.32 bits per heavy atom. The fraction of sp³-hybridized carbons (Fsp3) is 0.538. The highest BCUT2D eigenvalue weighted by atomic mass is 16.5. The molecule has 0 amide bonds. The molecule has 0 spiro atoms. The molecule has 0 aromatic carbocycles. The molecule has 1 aromatic rings. The lowest BCUT2D eigenvalue weighted by Gasteiger charge is -2.31. The second-order valence-electron chi connectivity index (χ2n) is 4.75. The third-order valence-corrected chi connectivity index (χ3v) is 3.56. The number of likely N-dealkylation sites (tertiary alicyclic amines) is 1. The average Bonchev–Trinajstić information content (AvgIpc) is 2.48. The molecule has 6 nitrogen and oxygen atoms in total. The van der Waals surface area contributed by atoms with Gasteiger partial charge in [0.05, 0.1) is 7.11 Å². The number of aromatic nitrogens is 1. The Bertz CT molecular complexity index is 442. The SMILES string of the molecule is COc1ncccc1CN1CCC(C(N)=NO)CC1. The number of hydrogen-bond acceptors (Lipinski definition) is 5. The molecule has 104 valence electrons. The molecule has 0 aliphatic carbocycles. The first kappa shape index (κ1) is 13.6. The maximum Gasteiger partial charge on any atom is 0.217 e. The first-order valence-corrected chi connectivity index (χ1v) is 6.42. The molecular formula is C13H20N4O2. The van der Waals surface area contributed by atoms with Gasteiger partial charge < -0.3 is 15.7 Å². The van der Waals surface area contributed by atoms with Crippen LogP contribution in [0.4, 0.5) is 0 Å². The molecule has 1 aliphatic heterocycles. The van der Waals surface area contributed by atoms with Crippen LogP contribution in [0, 0.1) is 5.92 Å². The number of oxime groups is 1. The van der Waals surface area contributed by atoms with Gasteiger partial charge in [-0.2, -0.15) is 0 Å². The van der Waals surface area contributed by atoms with E-state index in [0.29, 0.717) is 11.7 Å². The van der Waals surface area contributed by atoms with Crippen molar-refractivity contribution in [1.29, 1.82) is 0 Å². The van der Waals surface area contributed by atoms with Crippen molar-refractivity contribution in [3.05, 3.63) is 23.9 Å². The molecule has 1 aliphatic rings. The molecule has 0 atom stereocenters. The van der Waals surface area contributed by atoms with Gasteiger partial charge in [-0.05, 0) is 32.0 Å². The van der Waals surface area contributed by atoms with E-state index in [1.165, 1.54) is 0 Å². The van der Waals surface area contributed by atoms with E-state index in [1.807, 2.05) is 12.1 Å². The van der Waals surface area contributed by atoms with Gasteiger partial charge in [-0.25, -0.2) is 4.98 Å². The van der Waals surface area contributed by atoms with Gasteiger partial charge in [0.2, 0.25) is 5.88 Å². The third-order valence-electron chi connectivity index (χ3n) is 3.56. The van der Waals surface area contributed by atoms with Crippen molar-refractivity contribution in [3.63, 3.8) is 0 Å². The van der Waals surface area contributed by atoms with Crippen molar-refractivity contribution >= 4 is 5.84 Å². The zero-order valence-electron chi connectivity index (χ0n) is 11.1. The van der Waals surface area contributed by atoms with E-state index in [2.05, 4.69) is 15.0 Å². The summed E-state index contributed by atoms with van der Waals surface area (Å²) in [6.45, 7) is 2.68. The van der Waals surface area contributed by atoms with Crippen LogP contribution in [-0.4, -0.2) is 41.1 Å². The molecule has 1 saturated heterocycles. The minimum atomic E-state index is 0.192. The van der Waals surface area contributed by atoms with E-state index in [9.17, 15) is 0 Å². The number of piperidine rings is 1. The van der Waals surface area contributed by atoms with Crippen LogP contribution >= 0.6 is 0 Å². The highest BCUT2D eigenvalue weighted by molar-refractivity contribution is 5.82. The highest BCUT2D eigenvalue weighted by Crippen LogP contribution is 2.22. The first-order chi connectivity index (χ1) is 9.24. The Morgan fingerprint density at radius 3 is 2.95 bits per heavy atom. The van der Waals surface area contributed by atoms with Crippen LogP contribution < -0.4 is 10.5 Å². The summed E-state index contributed by atoms with van der Waals surface area (Å²) in [6, 6.07) is 3.95. The smallest absolute Gasteiger partial charge is 0.217 e. The predicted octanol–water partition coefficient (Wildman–Crippen LogP) is 1.05. The molecule has 1 aromatic heterocycles. The van der Waals surface area contributed by atoms with Gasteiger partial charge in [0.25, 0.3) is 0 Å². The van der Waals surface area contributed by atoms with Gasteiger partial charge in [-0.1, -0.05) is 11.2 Å². The van der Waals surface area contributed by atoms with Crippen molar-refractivity contribution in [1.82, 2.24) is 9.88 Å². The maximum atomic E-state index is 8.68. The number of nitrogens with two attached hydrogens (primary N) is 1. The van der Waals surface area contributed by atoms with Crippen LogP contribution in [0.1, 0.15) is 18.4 Å². The topological polar surface area (TPSA) is 84.0 Å². The predicted molar refractivity (Wildman–Crippen MR) is 72.2 cm³/mol. The number of amidine groups is 1. The van der Waals surface area contributed by atoms with Crippen molar-refractivity contribution in [2.45, 2.75) is 19.4 Å². The van der Waals surface area contributed by atoms with E-state index in [1.54, 1.807) is 13.3 Å². The van der Waals surface area contributed by atoms with Crippen LogP contribution in [0.5, 0.6) is 5.88 Å². The molecule has 0 saturated carbocycles. The molecule has 1 fully saturated rings. The second kappa shape index (κ2) is 6.38. The highest BCUT2D eigenvalue weighted by Gasteiger charge is 2.22. The van der Waals surface area contributed by atoms with Crippen molar-refractivity contribution < 1.29 is 9.94 Å². The minimum absolute atomic E-state index is 0.192. The Kier molecular flexibility index (Phi) is 4.57. The second-order valence-corrected chi connectivity index (χ2v) is 4.75. The Labute approximate surface area is 112 Å². The normalized spacial score (nSPS) is 18.5. The fourth-order valence-corrected chi connectivity index (χ4v) is 2.44. The number of nitrogens with zero attached hydrogens (tertiary/aromatic N) is 3. The van der Waals surface area contributed by atoms with Crippen LogP contribution in [-0.2, 0) is 6.54 Å². The molecule has 6 heteroatoms. The largest absolute Gasteiger partial charge is 0.481 e. The van der Waals surface area contributed by atoms with Crippen LogP contribution in [0.3, 0.4) is 0 Å². The number of ether oxygens (including phenoxy) is 1.